The minimum absolute atomic E-state index is 0.0582. The van der Waals surface area contributed by atoms with Gasteiger partial charge in [0.05, 0.1) is 6.20 Å². The van der Waals surface area contributed by atoms with Crippen LogP contribution < -0.4 is 11.2 Å². The number of likely N-dealkylation sites (tertiary alicyclic amines) is 1. The summed E-state index contributed by atoms with van der Waals surface area (Å²) >= 11 is 6.24. The minimum atomic E-state index is -0.539. The highest BCUT2D eigenvalue weighted by atomic mass is 35.5. The molecule has 0 radical (unpaired) electrons. The van der Waals surface area contributed by atoms with Gasteiger partial charge in [-0.2, -0.15) is 0 Å². The predicted molar refractivity (Wildman–Crippen MR) is 115 cm³/mol. The number of aromatic nitrogens is 3. The summed E-state index contributed by atoms with van der Waals surface area (Å²) in [7, 11) is 2.87. The summed E-state index contributed by atoms with van der Waals surface area (Å²) in [5.41, 5.74) is -0.0675. The quantitative estimate of drug-likeness (QED) is 0.619. The van der Waals surface area contributed by atoms with Gasteiger partial charge >= 0.3 is 5.69 Å². The molecule has 3 heterocycles. The number of carbonyl (C=O) groups excluding carboxylic acids is 1. The smallest absolute Gasteiger partial charge is 0.331 e. The molecule has 0 bridgehead atoms. The van der Waals surface area contributed by atoms with Crippen LogP contribution in [0.15, 0.2) is 50.5 Å². The maximum atomic E-state index is 13.3. The van der Waals surface area contributed by atoms with Crippen LogP contribution in [0.2, 0.25) is 5.02 Å². The molecule has 2 aromatic heterocycles. The zero-order chi connectivity index (χ0) is 22.1. The first-order valence-corrected chi connectivity index (χ1v) is 10.5. The lowest BCUT2D eigenvalue weighted by atomic mass is 10.0. The first-order valence-electron chi connectivity index (χ1n) is 10.1. The molecule has 0 aliphatic carbocycles. The molecular formula is C22H23ClN4O4. The first kappa shape index (κ1) is 21.1. The van der Waals surface area contributed by atoms with Crippen molar-refractivity contribution in [3.63, 3.8) is 0 Å². The van der Waals surface area contributed by atoms with Gasteiger partial charge in [0.1, 0.15) is 17.5 Å². The van der Waals surface area contributed by atoms with Crippen molar-refractivity contribution < 1.29 is 9.21 Å². The third-order valence-electron chi connectivity index (χ3n) is 5.69. The highest BCUT2D eigenvalue weighted by Crippen LogP contribution is 2.32. The third-order valence-corrected chi connectivity index (χ3v) is 6.06. The van der Waals surface area contributed by atoms with Crippen molar-refractivity contribution in [1.82, 2.24) is 19.0 Å². The first-order chi connectivity index (χ1) is 14.9. The van der Waals surface area contributed by atoms with Gasteiger partial charge in [-0.05, 0) is 30.9 Å². The van der Waals surface area contributed by atoms with E-state index in [1.165, 1.54) is 24.7 Å². The summed E-state index contributed by atoms with van der Waals surface area (Å²) in [5.74, 6) is 0.721. The number of hydrogen-bond donors (Lipinski definition) is 0. The van der Waals surface area contributed by atoms with Gasteiger partial charge in [-0.25, -0.2) is 9.78 Å². The highest BCUT2D eigenvalue weighted by Gasteiger charge is 2.33. The number of hydrogen-bond acceptors (Lipinski definition) is 5. The van der Waals surface area contributed by atoms with E-state index in [4.69, 9.17) is 16.0 Å². The fourth-order valence-electron chi connectivity index (χ4n) is 3.90. The average molecular weight is 443 g/mol. The summed E-state index contributed by atoms with van der Waals surface area (Å²) in [4.78, 5) is 43.7. The van der Waals surface area contributed by atoms with Crippen LogP contribution in [-0.2, 0) is 20.5 Å². The van der Waals surface area contributed by atoms with Crippen molar-refractivity contribution in [2.75, 3.05) is 6.54 Å². The van der Waals surface area contributed by atoms with Crippen LogP contribution in [0.5, 0.6) is 0 Å². The number of halogens is 1. The maximum absolute atomic E-state index is 13.3. The number of rotatable bonds is 4. The molecule has 1 aromatic carbocycles. The van der Waals surface area contributed by atoms with Crippen LogP contribution in [0.25, 0.3) is 0 Å². The zero-order valence-electron chi connectivity index (χ0n) is 17.4. The van der Waals surface area contributed by atoms with Crippen LogP contribution in [0.1, 0.15) is 53.0 Å². The van der Waals surface area contributed by atoms with Gasteiger partial charge in [-0.3, -0.25) is 18.7 Å². The van der Waals surface area contributed by atoms with E-state index in [0.29, 0.717) is 36.1 Å². The van der Waals surface area contributed by atoms with Crippen molar-refractivity contribution in [2.45, 2.75) is 31.7 Å². The molecule has 1 aliphatic heterocycles. The number of carbonyl (C=O) groups is 1. The summed E-state index contributed by atoms with van der Waals surface area (Å²) < 4.78 is 8.17. The molecule has 1 atom stereocenters. The van der Waals surface area contributed by atoms with Crippen molar-refractivity contribution in [3.8, 4) is 0 Å². The van der Waals surface area contributed by atoms with Crippen molar-refractivity contribution in [2.24, 2.45) is 14.1 Å². The summed E-state index contributed by atoms with van der Waals surface area (Å²) in [5, 5.41) is 0.654. The monoisotopic (exact) mass is 442 g/mol. The molecule has 8 nitrogen and oxygen atoms in total. The van der Waals surface area contributed by atoms with Gasteiger partial charge in [0.2, 0.25) is 5.89 Å². The van der Waals surface area contributed by atoms with Gasteiger partial charge in [0.25, 0.3) is 11.5 Å². The molecule has 4 rings (SSSR count). The highest BCUT2D eigenvalue weighted by molar-refractivity contribution is 6.31. The van der Waals surface area contributed by atoms with E-state index in [0.717, 1.165) is 23.0 Å². The van der Waals surface area contributed by atoms with Gasteiger partial charge in [0.15, 0.2) is 0 Å². The lowest BCUT2D eigenvalue weighted by Crippen LogP contribution is -2.44. The van der Waals surface area contributed by atoms with Gasteiger partial charge in [0, 0.05) is 38.1 Å². The van der Waals surface area contributed by atoms with Crippen LogP contribution in [0.3, 0.4) is 0 Å². The largest absolute Gasteiger partial charge is 0.443 e. The van der Waals surface area contributed by atoms with E-state index in [1.807, 2.05) is 24.3 Å². The Morgan fingerprint density at radius 1 is 1.19 bits per heavy atom. The standard InChI is InChI=1S/C22H23ClN4O4/c1-25-18(12-19(28)26(2)22(25)30)21(29)27-10-6-5-9-17(27)20-24-13-15(31-20)11-14-7-3-4-8-16(14)23/h3-4,7-8,12-13,17H,5-6,9-11H2,1-2H3. The number of oxazole rings is 1. The Bertz CT molecular complexity index is 1240. The molecule has 1 aliphatic rings. The number of benzene rings is 1. The molecule has 0 saturated carbocycles. The van der Waals surface area contributed by atoms with Crippen LogP contribution in [0.4, 0.5) is 0 Å². The minimum Gasteiger partial charge on any atom is -0.443 e. The second-order valence-electron chi connectivity index (χ2n) is 7.71. The molecule has 1 unspecified atom stereocenters. The van der Waals surface area contributed by atoms with Gasteiger partial charge in [-0.1, -0.05) is 29.8 Å². The summed E-state index contributed by atoms with van der Waals surface area (Å²) in [6, 6.07) is 8.37. The fraction of sp³-hybridized carbons (Fsp3) is 0.364. The summed E-state index contributed by atoms with van der Waals surface area (Å²) in [6.45, 7) is 0.495. The van der Waals surface area contributed by atoms with Crippen LogP contribution in [-0.4, -0.2) is 31.5 Å². The Morgan fingerprint density at radius 2 is 1.97 bits per heavy atom. The molecule has 9 heteroatoms. The maximum Gasteiger partial charge on any atom is 0.331 e. The molecule has 1 amide bonds. The Hall–Kier alpha value is -3.13. The Balaban J connectivity index is 1.62. The topological polar surface area (TPSA) is 90.3 Å². The lowest BCUT2D eigenvalue weighted by molar-refractivity contribution is 0.0558. The van der Waals surface area contributed by atoms with Crippen LogP contribution >= 0.6 is 11.6 Å². The van der Waals surface area contributed by atoms with Crippen molar-refractivity contribution >= 4 is 17.5 Å². The van der Waals surface area contributed by atoms with E-state index >= 15 is 0 Å². The SMILES string of the molecule is Cn1c(C(=O)N2CCCCC2c2ncc(Cc3ccccc3Cl)o2)cc(=O)n(C)c1=O. The van der Waals surface area contributed by atoms with Gasteiger partial charge < -0.3 is 9.32 Å². The van der Waals surface area contributed by atoms with E-state index in [2.05, 4.69) is 4.98 Å². The Morgan fingerprint density at radius 3 is 2.74 bits per heavy atom. The molecular weight excluding hydrogens is 420 g/mol. The third kappa shape index (κ3) is 4.07. The molecule has 0 N–H and O–H groups in total. The number of amides is 1. The molecule has 31 heavy (non-hydrogen) atoms. The van der Waals surface area contributed by atoms with Crippen LogP contribution in [0, 0.1) is 0 Å². The number of nitrogens with zero attached hydrogens (tertiary/aromatic N) is 4. The fourth-order valence-corrected chi connectivity index (χ4v) is 4.11. The number of piperidine rings is 1. The average Bonchev–Trinajstić information content (AvgIpc) is 3.24. The second-order valence-corrected chi connectivity index (χ2v) is 8.12. The predicted octanol–water partition coefficient (Wildman–Crippen LogP) is 2.68. The molecule has 162 valence electrons. The molecule has 3 aromatic rings. The zero-order valence-corrected chi connectivity index (χ0v) is 18.1. The van der Waals surface area contributed by atoms with Crippen molar-refractivity contribution in [1.29, 1.82) is 0 Å². The Labute approximate surface area is 183 Å². The van der Waals surface area contributed by atoms with E-state index in [1.54, 1.807) is 11.1 Å². The molecule has 1 saturated heterocycles. The van der Waals surface area contributed by atoms with E-state index in [9.17, 15) is 14.4 Å². The Kier molecular flexibility index (Phi) is 5.82. The summed E-state index contributed by atoms with van der Waals surface area (Å²) in [6.07, 6.45) is 4.59. The van der Waals surface area contributed by atoms with Gasteiger partial charge in [-0.15, -0.1) is 0 Å². The van der Waals surface area contributed by atoms with E-state index < -0.39 is 11.2 Å². The van der Waals surface area contributed by atoms with Crippen molar-refractivity contribution in [3.05, 3.63) is 85.3 Å². The van der Waals surface area contributed by atoms with E-state index in [-0.39, 0.29) is 17.6 Å². The lowest BCUT2D eigenvalue weighted by Gasteiger charge is -2.34. The normalized spacial score (nSPS) is 16.5. The molecule has 0 spiro atoms. The second kappa shape index (κ2) is 8.55. The molecule has 1 fully saturated rings.